The first-order valence-electron chi connectivity index (χ1n) is 38.6. The molecule has 0 amide bonds. The van der Waals surface area contributed by atoms with Crippen molar-refractivity contribution in [3.63, 3.8) is 0 Å². The molecule has 93 heavy (non-hydrogen) atoms. The van der Waals surface area contributed by atoms with Gasteiger partial charge in [0.05, 0.1) is 26.4 Å². The number of hydrogen-bond acceptors (Lipinski definition) is 15. The van der Waals surface area contributed by atoms with Crippen LogP contribution in [0.5, 0.6) is 0 Å². The Morgan fingerprint density at radius 2 is 0.516 bits per heavy atom. The Kier molecular flexibility index (Phi) is 64.6. The Bertz CT molecular complexity index is 1810. The van der Waals surface area contributed by atoms with Crippen LogP contribution in [0.15, 0.2) is 0 Å². The molecular formula is C74H144O17P2. The minimum Gasteiger partial charge on any atom is -0.462 e. The summed E-state index contributed by atoms with van der Waals surface area (Å²) in [7, 11) is -9.91. The van der Waals surface area contributed by atoms with E-state index < -0.39 is 97.5 Å². The minimum absolute atomic E-state index is 0.105. The Hall–Kier alpha value is -1.94. The zero-order chi connectivity index (χ0) is 68.6. The first kappa shape index (κ1) is 91.1. The lowest BCUT2D eigenvalue weighted by Crippen LogP contribution is -2.30. The Morgan fingerprint density at radius 1 is 0.301 bits per heavy atom. The van der Waals surface area contributed by atoms with Crippen molar-refractivity contribution >= 4 is 39.5 Å². The highest BCUT2D eigenvalue weighted by Gasteiger charge is 2.30. The summed E-state index contributed by atoms with van der Waals surface area (Å²) in [4.78, 5) is 72.7. The van der Waals surface area contributed by atoms with Gasteiger partial charge in [-0.05, 0) is 37.5 Å². The molecule has 0 saturated heterocycles. The van der Waals surface area contributed by atoms with E-state index in [0.29, 0.717) is 25.7 Å². The van der Waals surface area contributed by atoms with E-state index in [1.54, 1.807) is 0 Å². The van der Waals surface area contributed by atoms with Gasteiger partial charge in [0.25, 0.3) is 0 Å². The normalized spacial score (nSPS) is 14.6. The van der Waals surface area contributed by atoms with Crippen LogP contribution in [0.2, 0.25) is 0 Å². The fraction of sp³-hybridized carbons (Fsp3) is 0.946. The molecule has 0 aliphatic heterocycles. The monoisotopic (exact) mass is 1370 g/mol. The number of hydrogen-bond donors (Lipinski definition) is 3. The fourth-order valence-corrected chi connectivity index (χ4v) is 12.8. The Morgan fingerprint density at radius 3 is 0.763 bits per heavy atom. The van der Waals surface area contributed by atoms with Gasteiger partial charge in [0.15, 0.2) is 12.2 Å². The summed E-state index contributed by atoms with van der Waals surface area (Å²) < 4.78 is 68.5. The highest BCUT2D eigenvalue weighted by atomic mass is 31.2. The first-order valence-corrected chi connectivity index (χ1v) is 41.6. The number of rotatable bonds is 73. The van der Waals surface area contributed by atoms with Crippen molar-refractivity contribution in [1.29, 1.82) is 0 Å². The standard InChI is InChI=1S/C74H144O17P2/c1-7-11-13-15-17-19-21-22-23-24-25-27-33-40-46-52-58-73(78)90-69(62-85-72(77)57-51-45-39-32-29-28-30-36-42-48-54-66(5)9-3)64-88-92(80,81)86-60-68(75)61-87-93(82,83)89-65-70(63-84-71(76)56-50-44-38-31-26-20-18-16-14-12-8-2)91-74(79)59-53-47-41-35-34-37-43-49-55-67(6)10-4/h66-70,75H,7-65H2,1-6H3,(H,80,81)(H,82,83)/t66?,67?,68-,69-,70-/m1/s1. The van der Waals surface area contributed by atoms with Crippen molar-refractivity contribution in [1.82, 2.24) is 0 Å². The predicted molar refractivity (Wildman–Crippen MR) is 377 cm³/mol. The molecule has 0 aromatic rings. The van der Waals surface area contributed by atoms with Gasteiger partial charge in [0, 0.05) is 25.7 Å². The van der Waals surface area contributed by atoms with Crippen LogP contribution in [-0.2, 0) is 65.4 Å². The van der Waals surface area contributed by atoms with E-state index in [4.69, 9.17) is 37.0 Å². The average Bonchev–Trinajstić information content (AvgIpc) is 3.67. The van der Waals surface area contributed by atoms with Gasteiger partial charge in [-0.25, -0.2) is 9.13 Å². The number of phosphoric ester groups is 2. The van der Waals surface area contributed by atoms with Gasteiger partial charge in [-0.1, -0.05) is 330 Å². The van der Waals surface area contributed by atoms with Crippen molar-refractivity contribution in [3.8, 4) is 0 Å². The maximum absolute atomic E-state index is 13.1. The summed E-state index contributed by atoms with van der Waals surface area (Å²) in [5, 5.41) is 10.6. The molecule has 0 saturated carbocycles. The van der Waals surface area contributed by atoms with E-state index in [1.165, 1.54) is 199 Å². The number of carbonyl (C=O) groups excluding carboxylic acids is 4. The molecular weight excluding hydrogens is 1220 g/mol. The van der Waals surface area contributed by atoms with Gasteiger partial charge in [-0.2, -0.15) is 0 Å². The van der Waals surface area contributed by atoms with Gasteiger partial charge in [0.2, 0.25) is 0 Å². The van der Waals surface area contributed by atoms with Crippen LogP contribution in [-0.4, -0.2) is 96.7 Å². The molecule has 0 aliphatic rings. The number of unbranched alkanes of at least 4 members (excludes halogenated alkanes) is 41. The summed E-state index contributed by atoms with van der Waals surface area (Å²) in [6.45, 7) is 9.61. The van der Waals surface area contributed by atoms with Crippen molar-refractivity contribution in [2.75, 3.05) is 39.6 Å². The van der Waals surface area contributed by atoms with Gasteiger partial charge < -0.3 is 33.8 Å². The van der Waals surface area contributed by atoms with Crippen molar-refractivity contribution in [3.05, 3.63) is 0 Å². The predicted octanol–water partition coefficient (Wildman–Crippen LogP) is 21.6. The van der Waals surface area contributed by atoms with E-state index in [-0.39, 0.29) is 25.7 Å². The third kappa shape index (κ3) is 65.8. The zero-order valence-electron chi connectivity index (χ0n) is 60.6. The van der Waals surface area contributed by atoms with Crippen molar-refractivity contribution in [2.24, 2.45) is 11.8 Å². The molecule has 0 spiro atoms. The zero-order valence-corrected chi connectivity index (χ0v) is 62.3. The summed E-state index contributed by atoms with van der Waals surface area (Å²) in [6, 6.07) is 0. The molecule has 7 atom stereocenters. The topological polar surface area (TPSA) is 237 Å². The second-order valence-corrected chi connectivity index (χ2v) is 30.1. The molecule has 0 aromatic carbocycles. The number of carbonyl (C=O) groups is 4. The SMILES string of the molecule is CCCCCCCCCCCCCCCCCCC(=O)O[C@H](COC(=O)CCCCCCCCCCCCC(C)CC)COP(=O)(O)OC[C@@H](O)COP(=O)(O)OC[C@@H](COC(=O)CCCCCCCCCCCCC)OC(=O)CCCCCCCCCCC(C)CC. The Labute approximate surface area is 568 Å². The van der Waals surface area contributed by atoms with E-state index in [2.05, 4.69) is 41.5 Å². The highest BCUT2D eigenvalue weighted by molar-refractivity contribution is 7.47. The van der Waals surface area contributed by atoms with Gasteiger partial charge in [-0.3, -0.25) is 37.3 Å². The maximum atomic E-state index is 13.1. The molecule has 4 unspecified atom stereocenters. The molecule has 0 radical (unpaired) electrons. The number of esters is 4. The highest BCUT2D eigenvalue weighted by Crippen LogP contribution is 2.45. The van der Waals surface area contributed by atoms with Crippen LogP contribution >= 0.6 is 15.6 Å². The molecule has 19 heteroatoms. The van der Waals surface area contributed by atoms with Crippen LogP contribution in [0.25, 0.3) is 0 Å². The molecule has 552 valence electrons. The molecule has 0 bridgehead atoms. The van der Waals surface area contributed by atoms with Gasteiger partial charge in [-0.15, -0.1) is 0 Å². The number of phosphoric acid groups is 2. The smallest absolute Gasteiger partial charge is 0.462 e. The van der Waals surface area contributed by atoms with E-state index in [1.807, 2.05) is 0 Å². The quantitative estimate of drug-likeness (QED) is 0.0222. The maximum Gasteiger partial charge on any atom is 0.472 e. The van der Waals surface area contributed by atoms with Crippen LogP contribution in [0.4, 0.5) is 0 Å². The Balaban J connectivity index is 5.26. The largest absolute Gasteiger partial charge is 0.472 e. The third-order valence-electron chi connectivity index (χ3n) is 17.9. The molecule has 3 N–H and O–H groups in total. The summed E-state index contributed by atoms with van der Waals surface area (Å²) in [5.41, 5.74) is 0. The molecule has 0 fully saturated rings. The lowest BCUT2D eigenvalue weighted by molar-refractivity contribution is -0.161. The van der Waals surface area contributed by atoms with Crippen LogP contribution in [0.3, 0.4) is 0 Å². The number of aliphatic hydroxyl groups excluding tert-OH is 1. The van der Waals surface area contributed by atoms with E-state index >= 15 is 0 Å². The molecule has 0 aliphatic carbocycles. The second kappa shape index (κ2) is 66.0. The fourth-order valence-electron chi connectivity index (χ4n) is 11.2. The molecule has 0 rings (SSSR count). The average molecular weight is 1370 g/mol. The number of ether oxygens (including phenoxy) is 4. The number of aliphatic hydroxyl groups is 1. The van der Waals surface area contributed by atoms with Crippen LogP contribution in [0, 0.1) is 11.8 Å². The third-order valence-corrected chi connectivity index (χ3v) is 19.8. The molecule has 17 nitrogen and oxygen atoms in total. The van der Waals surface area contributed by atoms with Crippen LogP contribution < -0.4 is 0 Å². The second-order valence-electron chi connectivity index (χ2n) is 27.2. The van der Waals surface area contributed by atoms with Crippen molar-refractivity contribution < 1.29 is 80.2 Å². The van der Waals surface area contributed by atoms with E-state index in [0.717, 1.165) is 102 Å². The summed E-state index contributed by atoms with van der Waals surface area (Å²) in [6.07, 6.45) is 52.5. The lowest BCUT2D eigenvalue weighted by Gasteiger charge is -2.21. The lowest BCUT2D eigenvalue weighted by atomic mass is 9.99. The van der Waals surface area contributed by atoms with Gasteiger partial charge >= 0.3 is 39.5 Å². The van der Waals surface area contributed by atoms with Gasteiger partial charge in [0.1, 0.15) is 19.3 Å². The molecule has 0 heterocycles. The van der Waals surface area contributed by atoms with E-state index in [9.17, 15) is 43.2 Å². The minimum atomic E-state index is -4.96. The van der Waals surface area contributed by atoms with Crippen LogP contribution in [0.1, 0.15) is 382 Å². The molecule has 0 aromatic heterocycles. The van der Waals surface area contributed by atoms with Crippen molar-refractivity contribution in [2.45, 2.75) is 400 Å². The summed E-state index contributed by atoms with van der Waals surface area (Å²) in [5.74, 6) is -0.538. The summed E-state index contributed by atoms with van der Waals surface area (Å²) >= 11 is 0. The first-order chi connectivity index (χ1) is 44.9.